The van der Waals surface area contributed by atoms with Gasteiger partial charge in [-0.15, -0.1) is 0 Å². The lowest BCUT2D eigenvalue weighted by molar-refractivity contribution is 0.0957. The third-order valence-corrected chi connectivity index (χ3v) is 2.26. The molecule has 0 aliphatic heterocycles. The maximum absolute atomic E-state index is 11.6. The van der Waals surface area contributed by atoms with Gasteiger partial charge in [-0.1, -0.05) is 6.92 Å². The number of Topliss-reactive ketones (excluding diaryl/α,β-unsaturated/α-hetero) is 1. The Hall–Kier alpha value is -1.64. The van der Waals surface area contributed by atoms with Crippen molar-refractivity contribution < 1.29 is 9.21 Å². The van der Waals surface area contributed by atoms with E-state index in [4.69, 9.17) is 4.42 Å². The van der Waals surface area contributed by atoms with E-state index in [9.17, 15) is 4.79 Å². The molecule has 0 aromatic carbocycles. The minimum absolute atomic E-state index is 0.0492. The van der Waals surface area contributed by atoms with Gasteiger partial charge < -0.3 is 4.42 Å². The molecule has 78 valence electrons. The van der Waals surface area contributed by atoms with Crippen LogP contribution in [0.2, 0.25) is 0 Å². The SMILES string of the molecule is CCCC(=O)c1cc2nc(C)ccc2o1. The molecule has 0 N–H and O–H groups in total. The van der Waals surface area contributed by atoms with Crippen LogP contribution in [0.25, 0.3) is 11.1 Å². The van der Waals surface area contributed by atoms with E-state index in [2.05, 4.69) is 4.98 Å². The van der Waals surface area contributed by atoms with Crippen molar-refractivity contribution in [3.63, 3.8) is 0 Å². The summed E-state index contributed by atoms with van der Waals surface area (Å²) in [5.41, 5.74) is 2.37. The number of fused-ring (bicyclic) bond motifs is 1. The molecule has 0 aliphatic rings. The van der Waals surface area contributed by atoms with Gasteiger partial charge in [-0.05, 0) is 25.5 Å². The molecule has 0 saturated heterocycles. The normalized spacial score (nSPS) is 10.8. The van der Waals surface area contributed by atoms with Gasteiger partial charge in [0.1, 0.15) is 5.52 Å². The third kappa shape index (κ3) is 1.91. The van der Waals surface area contributed by atoms with Crippen LogP contribution in [0.4, 0.5) is 0 Å². The highest BCUT2D eigenvalue weighted by Gasteiger charge is 2.11. The second-order valence-corrected chi connectivity index (χ2v) is 3.62. The predicted octanol–water partition coefficient (Wildman–Crippen LogP) is 3.12. The molecule has 2 aromatic rings. The molecule has 2 aromatic heterocycles. The van der Waals surface area contributed by atoms with Crippen molar-refractivity contribution in [1.29, 1.82) is 0 Å². The van der Waals surface area contributed by atoms with Crippen molar-refractivity contribution in [1.82, 2.24) is 4.98 Å². The lowest BCUT2D eigenvalue weighted by Gasteiger charge is -1.91. The average Bonchev–Trinajstić information content (AvgIpc) is 2.60. The zero-order chi connectivity index (χ0) is 10.8. The second-order valence-electron chi connectivity index (χ2n) is 3.62. The lowest BCUT2D eigenvalue weighted by atomic mass is 10.2. The van der Waals surface area contributed by atoms with Crippen molar-refractivity contribution in [2.75, 3.05) is 0 Å². The molecule has 0 radical (unpaired) electrons. The number of rotatable bonds is 3. The van der Waals surface area contributed by atoms with Crippen molar-refractivity contribution in [2.45, 2.75) is 26.7 Å². The number of carbonyl (C=O) groups excluding carboxylic acids is 1. The number of aryl methyl sites for hydroxylation is 1. The molecule has 0 spiro atoms. The molecule has 0 saturated carbocycles. The van der Waals surface area contributed by atoms with Crippen LogP contribution in [0.15, 0.2) is 22.6 Å². The number of nitrogens with zero attached hydrogens (tertiary/aromatic N) is 1. The van der Waals surface area contributed by atoms with Crippen LogP contribution in [0.5, 0.6) is 0 Å². The molecule has 0 unspecified atom stereocenters. The zero-order valence-corrected chi connectivity index (χ0v) is 8.91. The Bertz CT molecular complexity index is 499. The van der Waals surface area contributed by atoms with E-state index in [1.165, 1.54) is 0 Å². The zero-order valence-electron chi connectivity index (χ0n) is 8.91. The van der Waals surface area contributed by atoms with Gasteiger partial charge in [0.25, 0.3) is 0 Å². The maximum Gasteiger partial charge on any atom is 0.198 e. The van der Waals surface area contributed by atoms with Gasteiger partial charge >= 0.3 is 0 Å². The summed E-state index contributed by atoms with van der Waals surface area (Å²) >= 11 is 0. The van der Waals surface area contributed by atoms with Crippen molar-refractivity contribution in [3.05, 3.63) is 29.7 Å². The van der Waals surface area contributed by atoms with E-state index in [0.29, 0.717) is 17.8 Å². The molecule has 0 bridgehead atoms. The number of furan rings is 1. The van der Waals surface area contributed by atoms with Crippen LogP contribution in [0.1, 0.15) is 36.0 Å². The number of hydrogen-bond acceptors (Lipinski definition) is 3. The first-order valence-corrected chi connectivity index (χ1v) is 5.11. The Morgan fingerprint density at radius 1 is 1.47 bits per heavy atom. The number of hydrogen-bond donors (Lipinski definition) is 0. The maximum atomic E-state index is 11.6. The molecule has 0 atom stereocenters. The van der Waals surface area contributed by atoms with Gasteiger partial charge in [-0.2, -0.15) is 0 Å². The van der Waals surface area contributed by atoms with Crippen LogP contribution in [0, 0.1) is 6.92 Å². The predicted molar refractivity (Wildman–Crippen MR) is 58.0 cm³/mol. The largest absolute Gasteiger partial charge is 0.451 e. The van der Waals surface area contributed by atoms with Gasteiger partial charge in [0.15, 0.2) is 17.1 Å². The fourth-order valence-corrected chi connectivity index (χ4v) is 1.51. The number of aromatic nitrogens is 1. The summed E-state index contributed by atoms with van der Waals surface area (Å²) in [4.78, 5) is 15.9. The summed E-state index contributed by atoms with van der Waals surface area (Å²) in [7, 11) is 0. The fraction of sp³-hybridized carbons (Fsp3) is 0.333. The van der Waals surface area contributed by atoms with Gasteiger partial charge in [0.2, 0.25) is 0 Å². The summed E-state index contributed by atoms with van der Waals surface area (Å²) in [5.74, 6) is 0.470. The Balaban J connectivity index is 2.42. The molecular formula is C12H13NO2. The Labute approximate surface area is 88.1 Å². The quantitative estimate of drug-likeness (QED) is 0.720. The molecule has 0 amide bonds. The molecule has 3 nitrogen and oxygen atoms in total. The van der Waals surface area contributed by atoms with Crippen LogP contribution in [-0.4, -0.2) is 10.8 Å². The highest BCUT2D eigenvalue weighted by Crippen LogP contribution is 2.19. The van der Waals surface area contributed by atoms with E-state index >= 15 is 0 Å². The summed E-state index contributed by atoms with van der Waals surface area (Å²) < 4.78 is 5.43. The summed E-state index contributed by atoms with van der Waals surface area (Å²) in [6.07, 6.45) is 1.36. The molecular weight excluding hydrogens is 190 g/mol. The Morgan fingerprint density at radius 3 is 3.00 bits per heavy atom. The number of pyridine rings is 1. The summed E-state index contributed by atoms with van der Waals surface area (Å²) in [6.45, 7) is 3.89. The molecule has 0 aliphatic carbocycles. The van der Waals surface area contributed by atoms with Crippen LogP contribution >= 0.6 is 0 Å². The van der Waals surface area contributed by atoms with E-state index in [0.717, 1.165) is 17.6 Å². The highest BCUT2D eigenvalue weighted by molar-refractivity contribution is 5.96. The van der Waals surface area contributed by atoms with E-state index in [-0.39, 0.29) is 5.78 Å². The molecule has 15 heavy (non-hydrogen) atoms. The molecule has 0 fully saturated rings. The first-order valence-electron chi connectivity index (χ1n) is 5.11. The fourth-order valence-electron chi connectivity index (χ4n) is 1.51. The first-order chi connectivity index (χ1) is 7.20. The third-order valence-electron chi connectivity index (χ3n) is 2.26. The van der Waals surface area contributed by atoms with E-state index in [1.54, 1.807) is 6.07 Å². The Morgan fingerprint density at radius 2 is 2.27 bits per heavy atom. The standard InChI is InChI=1S/C12H13NO2/c1-3-4-10(14)12-7-9-11(15-12)6-5-8(2)13-9/h5-7H,3-4H2,1-2H3. The van der Waals surface area contributed by atoms with Gasteiger partial charge in [0.05, 0.1) is 0 Å². The number of carbonyl (C=O) groups is 1. The first kappa shape index (κ1) is 9.90. The van der Waals surface area contributed by atoms with Gasteiger partial charge in [-0.3, -0.25) is 4.79 Å². The Kier molecular flexibility index (Phi) is 2.54. The van der Waals surface area contributed by atoms with Crippen molar-refractivity contribution in [2.24, 2.45) is 0 Å². The smallest absolute Gasteiger partial charge is 0.198 e. The average molecular weight is 203 g/mol. The lowest BCUT2D eigenvalue weighted by Crippen LogP contribution is -1.94. The summed E-state index contributed by atoms with van der Waals surface area (Å²) in [6, 6.07) is 5.45. The van der Waals surface area contributed by atoms with Gasteiger partial charge in [0, 0.05) is 18.2 Å². The minimum Gasteiger partial charge on any atom is -0.451 e. The van der Waals surface area contributed by atoms with Crippen LogP contribution in [-0.2, 0) is 0 Å². The topological polar surface area (TPSA) is 43.1 Å². The molecule has 2 rings (SSSR count). The molecule has 2 heterocycles. The van der Waals surface area contributed by atoms with Gasteiger partial charge in [-0.25, -0.2) is 4.98 Å². The highest BCUT2D eigenvalue weighted by atomic mass is 16.3. The summed E-state index contributed by atoms with van der Waals surface area (Å²) in [5, 5.41) is 0. The number of ketones is 1. The monoisotopic (exact) mass is 203 g/mol. The van der Waals surface area contributed by atoms with E-state index < -0.39 is 0 Å². The van der Waals surface area contributed by atoms with Crippen molar-refractivity contribution >= 4 is 16.9 Å². The minimum atomic E-state index is 0.0492. The van der Waals surface area contributed by atoms with Crippen molar-refractivity contribution in [3.8, 4) is 0 Å². The van der Waals surface area contributed by atoms with Crippen LogP contribution < -0.4 is 0 Å². The second kappa shape index (κ2) is 3.85. The van der Waals surface area contributed by atoms with Crippen LogP contribution in [0.3, 0.4) is 0 Å². The van der Waals surface area contributed by atoms with E-state index in [1.807, 2.05) is 26.0 Å². The molecule has 3 heteroatoms.